The minimum absolute atomic E-state index is 0.885. The van der Waals surface area contributed by atoms with E-state index in [1.165, 1.54) is 19.3 Å². The maximum atomic E-state index is 2.43. The Hall–Kier alpha value is 0. The number of rotatable bonds is 3. The van der Waals surface area contributed by atoms with E-state index in [1.54, 1.807) is 0 Å². The van der Waals surface area contributed by atoms with Gasteiger partial charge >= 0.3 is 0 Å². The molecule has 0 aromatic carbocycles. The molecule has 0 radical (unpaired) electrons. The van der Waals surface area contributed by atoms with Gasteiger partial charge in [-0.3, -0.25) is 0 Å². The van der Waals surface area contributed by atoms with Crippen molar-refractivity contribution in [3.63, 3.8) is 0 Å². The molecule has 2 saturated carbocycles. The summed E-state index contributed by atoms with van der Waals surface area (Å²) >= 11 is 0. The van der Waals surface area contributed by atoms with E-state index in [1.807, 2.05) is 0 Å². The average molecular weight is 138 g/mol. The normalized spacial score (nSPS) is 56.1. The van der Waals surface area contributed by atoms with E-state index in [2.05, 4.69) is 20.8 Å². The molecular formula is C10H18. The van der Waals surface area contributed by atoms with Crippen LogP contribution in [0.1, 0.15) is 40.0 Å². The largest absolute Gasteiger partial charge is 0.0654 e. The monoisotopic (exact) mass is 138 g/mol. The summed E-state index contributed by atoms with van der Waals surface area (Å²) in [6.45, 7) is 7.11. The lowest BCUT2D eigenvalue weighted by Gasteiger charge is -2.13. The van der Waals surface area contributed by atoms with E-state index in [9.17, 15) is 0 Å². The van der Waals surface area contributed by atoms with E-state index in [0.717, 1.165) is 23.2 Å². The summed E-state index contributed by atoms with van der Waals surface area (Å²) in [6, 6.07) is 0. The van der Waals surface area contributed by atoms with Crippen molar-refractivity contribution in [1.29, 1.82) is 0 Å². The minimum Gasteiger partial charge on any atom is -0.0654 e. The number of hydrogen-bond donors (Lipinski definition) is 0. The molecular weight excluding hydrogens is 120 g/mol. The number of fused-ring (bicyclic) bond motifs is 1. The predicted octanol–water partition coefficient (Wildman–Crippen LogP) is 3.08. The highest BCUT2D eigenvalue weighted by atomic mass is 14.9. The van der Waals surface area contributed by atoms with Crippen molar-refractivity contribution in [2.45, 2.75) is 40.0 Å². The van der Waals surface area contributed by atoms with Crippen molar-refractivity contribution in [2.75, 3.05) is 0 Å². The van der Waals surface area contributed by atoms with Crippen molar-refractivity contribution < 1.29 is 0 Å². The van der Waals surface area contributed by atoms with Crippen LogP contribution in [0.4, 0.5) is 0 Å². The quantitative estimate of drug-likeness (QED) is 0.562. The van der Waals surface area contributed by atoms with Gasteiger partial charge in [0.2, 0.25) is 0 Å². The van der Waals surface area contributed by atoms with Gasteiger partial charge in [0, 0.05) is 0 Å². The third-order valence-corrected chi connectivity index (χ3v) is 4.12. The van der Waals surface area contributed by atoms with E-state index in [4.69, 9.17) is 0 Å². The Kier molecular flexibility index (Phi) is 1.19. The first-order valence-electron chi connectivity index (χ1n) is 4.79. The maximum absolute atomic E-state index is 2.43. The van der Waals surface area contributed by atoms with Gasteiger partial charge in [0.1, 0.15) is 0 Å². The second-order valence-electron chi connectivity index (χ2n) is 4.18. The molecule has 4 atom stereocenters. The van der Waals surface area contributed by atoms with Crippen LogP contribution in [0.15, 0.2) is 0 Å². The molecule has 0 aromatic rings. The zero-order valence-corrected chi connectivity index (χ0v) is 7.35. The molecule has 0 saturated heterocycles. The van der Waals surface area contributed by atoms with E-state index in [0.29, 0.717) is 0 Å². The standard InChI is InChI=1S/C10H18/c1-4-6-8-9-7(3)10(8,9)5-2/h7-9H,4-6H2,1-3H3. The van der Waals surface area contributed by atoms with Crippen LogP contribution >= 0.6 is 0 Å². The van der Waals surface area contributed by atoms with Gasteiger partial charge in [-0.05, 0) is 36.0 Å². The topological polar surface area (TPSA) is 0 Å². The molecule has 0 aliphatic heterocycles. The summed E-state index contributed by atoms with van der Waals surface area (Å²) in [5.74, 6) is 3.41. The van der Waals surface area contributed by atoms with Crippen LogP contribution in [0.5, 0.6) is 0 Å². The van der Waals surface area contributed by atoms with Crippen molar-refractivity contribution in [1.82, 2.24) is 0 Å². The van der Waals surface area contributed by atoms with Gasteiger partial charge in [0.05, 0.1) is 0 Å². The third-order valence-electron chi connectivity index (χ3n) is 4.12. The van der Waals surface area contributed by atoms with Crippen LogP contribution in [0.25, 0.3) is 0 Å². The zero-order chi connectivity index (χ0) is 7.35. The van der Waals surface area contributed by atoms with Crippen molar-refractivity contribution >= 4 is 0 Å². The van der Waals surface area contributed by atoms with Gasteiger partial charge in [-0.25, -0.2) is 0 Å². The lowest BCUT2D eigenvalue weighted by atomic mass is 9.92. The van der Waals surface area contributed by atoms with Crippen LogP contribution in [0, 0.1) is 23.2 Å². The molecule has 2 aliphatic rings. The molecule has 0 heteroatoms. The summed E-state index contributed by atoms with van der Waals surface area (Å²) in [5.41, 5.74) is 0.885. The van der Waals surface area contributed by atoms with Gasteiger partial charge in [0.15, 0.2) is 0 Å². The first kappa shape index (κ1) is 6.69. The molecule has 0 spiro atoms. The Bertz CT molecular complexity index is 150. The smallest absolute Gasteiger partial charge is 0.0206 e. The summed E-state index contributed by atoms with van der Waals surface area (Å²) in [6.07, 6.45) is 4.35. The van der Waals surface area contributed by atoms with Crippen LogP contribution < -0.4 is 0 Å². The second kappa shape index (κ2) is 1.78. The van der Waals surface area contributed by atoms with Gasteiger partial charge < -0.3 is 0 Å². The molecule has 2 aliphatic carbocycles. The van der Waals surface area contributed by atoms with Crippen LogP contribution in [-0.4, -0.2) is 0 Å². The molecule has 0 bridgehead atoms. The fourth-order valence-electron chi connectivity index (χ4n) is 3.41. The van der Waals surface area contributed by atoms with Gasteiger partial charge in [0.25, 0.3) is 0 Å². The fraction of sp³-hybridized carbons (Fsp3) is 1.00. The Morgan fingerprint density at radius 2 is 2.00 bits per heavy atom. The van der Waals surface area contributed by atoms with Crippen LogP contribution in [0.2, 0.25) is 0 Å². The Labute approximate surface area is 64.0 Å². The minimum atomic E-state index is 0.885. The van der Waals surface area contributed by atoms with E-state index >= 15 is 0 Å². The molecule has 2 fully saturated rings. The van der Waals surface area contributed by atoms with E-state index < -0.39 is 0 Å². The highest BCUT2D eigenvalue weighted by Gasteiger charge is 2.81. The molecule has 0 heterocycles. The van der Waals surface area contributed by atoms with Gasteiger partial charge in [-0.1, -0.05) is 27.2 Å². The zero-order valence-electron chi connectivity index (χ0n) is 7.35. The molecule has 0 nitrogen and oxygen atoms in total. The van der Waals surface area contributed by atoms with Gasteiger partial charge in [-0.2, -0.15) is 0 Å². The molecule has 10 heavy (non-hydrogen) atoms. The molecule has 4 unspecified atom stereocenters. The van der Waals surface area contributed by atoms with Crippen LogP contribution in [0.3, 0.4) is 0 Å². The molecule has 58 valence electrons. The summed E-state index contributed by atoms with van der Waals surface area (Å²) in [4.78, 5) is 0. The highest BCUT2D eigenvalue weighted by Crippen LogP contribution is 2.86. The first-order valence-corrected chi connectivity index (χ1v) is 4.79. The second-order valence-corrected chi connectivity index (χ2v) is 4.18. The lowest BCUT2D eigenvalue weighted by molar-refractivity contribution is 0.364. The van der Waals surface area contributed by atoms with E-state index in [-0.39, 0.29) is 0 Å². The third kappa shape index (κ3) is 0.500. The van der Waals surface area contributed by atoms with Crippen LogP contribution in [-0.2, 0) is 0 Å². The molecule has 2 rings (SSSR count). The lowest BCUT2D eigenvalue weighted by Crippen LogP contribution is -2.05. The summed E-state index contributed by atoms with van der Waals surface area (Å²) in [5, 5.41) is 0. The Balaban J connectivity index is 1.89. The summed E-state index contributed by atoms with van der Waals surface area (Å²) < 4.78 is 0. The highest BCUT2D eigenvalue weighted by molar-refractivity contribution is 5.28. The SMILES string of the molecule is CCCC1C2C(C)C12CC. The maximum Gasteiger partial charge on any atom is -0.0206 e. The first-order chi connectivity index (χ1) is 4.79. The van der Waals surface area contributed by atoms with Gasteiger partial charge in [-0.15, -0.1) is 0 Å². The predicted molar refractivity (Wildman–Crippen MR) is 43.8 cm³/mol. The fourth-order valence-corrected chi connectivity index (χ4v) is 3.41. The van der Waals surface area contributed by atoms with Crippen molar-refractivity contribution in [3.05, 3.63) is 0 Å². The summed E-state index contributed by atoms with van der Waals surface area (Å²) in [7, 11) is 0. The molecule has 0 aromatic heterocycles. The molecule has 0 amide bonds. The van der Waals surface area contributed by atoms with Crippen molar-refractivity contribution in [2.24, 2.45) is 23.2 Å². The number of hydrogen-bond acceptors (Lipinski definition) is 0. The Morgan fingerprint density at radius 1 is 1.30 bits per heavy atom. The van der Waals surface area contributed by atoms with Crippen molar-refractivity contribution in [3.8, 4) is 0 Å². The molecule has 0 N–H and O–H groups in total. The Morgan fingerprint density at radius 3 is 2.30 bits per heavy atom. The average Bonchev–Trinajstić information content (AvgIpc) is 2.76.